The summed E-state index contributed by atoms with van der Waals surface area (Å²) >= 11 is 0. The van der Waals surface area contributed by atoms with E-state index in [0.717, 1.165) is 29.7 Å². The van der Waals surface area contributed by atoms with Gasteiger partial charge in [-0.3, -0.25) is 0 Å². The molecular weight excluding hydrogens is 244 g/mol. The fraction of sp³-hybridized carbons (Fsp3) is 0.278. The molecule has 20 heavy (non-hydrogen) atoms. The van der Waals surface area contributed by atoms with Gasteiger partial charge >= 0.3 is 0 Å². The molecule has 1 unspecified atom stereocenters. The van der Waals surface area contributed by atoms with Crippen LogP contribution in [0.5, 0.6) is 0 Å². The van der Waals surface area contributed by atoms with Gasteiger partial charge < -0.3 is 4.98 Å². The number of rotatable bonds is 5. The van der Waals surface area contributed by atoms with E-state index in [0.29, 0.717) is 5.92 Å². The number of imidazole rings is 1. The first-order valence-electron chi connectivity index (χ1n) is 7.31. The number of H-pyrrole nitrogens is 1. The fourth-order valence-electron chi connectivity index (χ4n) is 2.65. The van der Waals surface area contributed by atoms with Gasteiger partial charge in [0.15, 0.2) is 0 Å². The molecule has 0 bridgehead atoms. The zero-order valence-corrected chi connectivity index (χ0v) is 11.8. The molecule has 3 aromatic rings. The van der Waals surface area contributed by atoms with Gasteiger partial charge in [-0.25, -0.2) is 4.98 Å². The maximum atomic E-state index is 4.63. The molecule has 0 radical (unpaired) electrons. The third-order valence-corrected chi connectivity index (χ3v) is 3.86. The number of aromatic nitrogens is 2. The minimum absolute atomic E-state index is 0.612. The van der Waals surface area contributed by atoms with Crippen LogP contribution in [0.15, 0.2) is 54.6 Å². The van der Waals surface area contributed by atoms with Crippen LogP contribution in [0.25, 0.3) is 11.0 Å². The zero-order chi connectivity index (χ0) is 13.8. The summed E-state index contributed by atoms with van der Waals surface area (Å²) in [7, 11) is 0. The van der Waals surface area contributed by atoms with Crippen molar-refractivity contribution in [1.29, 1.82) is 0 Å². The molecule has 102 valence electrons. The summed E-state index contributed by atoms with van der Waals surface area (Å²) in [5, 5.41) is 0. The van der Waals surface area contributed by atoms with Crippen LogP contribution in [0.2, 0.25) is 0 Å². The maximum absolute atomic E-state index is 4.63. The van der Waals surface area contributed by atoms with Gasteiger partial charge in [0.1, 0.15) is 5.82 Å². The molecule has 0 fully saturated rings. The van der Waals surface area contributed by atoms with Crippen molar-refractivity contribution in [2.45, 2.75) is 32.1 Å². The second-order valence-electron chi connectivity index (χ2n) is 5.40. The van der Waals surface area contributed by atoms with E-state index in [1.807, 2.05) is 12.1 Å². The molecule has 0 spiro atoms. The smallest absolute Gasteiger partial charge is 0.107 e. The van der Waals surface area contributed by atoms with Gasteiger partial charge in [0.05, 0.1) is 11.0 Å². The second-order valence-corrected chi connectivity index (χ2v) is 5.40. The molecule has 1 heterocycles. The average Bonchev–Trinajstić information content (AvgIpc) is 2.90. The van der Waals surface area contributed by atoms with Gasteiger partial charge in [0.2, 0.25) is 0 Å². The van der Waals surface area contributed by atoms with Gasteiger partial charge in [0.25, 0.3) is 0 Å². The number of fused-ring (bicyclic) bond motifs is 1. The molecule has 2 heteroatoms. The molecule has 0 saturated heterocycles. The van der Waals surface area contributed by atoms with Crippen LogP contribution in [0, 0.1) is 0 Å². The van der Waals surface area contributed by atoms with Gasteiger partial charge in [0, 0.05) is 6.42 Å². The van der Waals surface area contributed by atoms with Crippen LogP contribution < -0.4 is 0 Å². The Morgan fingerprint density at radius 3 is 2.55 bits per heavy atom. The minimum Gasteiger partial charge on any atom is -0.342 e. The Balaban J connectivity index is 1.57. The standard InChI is InChI=1S/C18H20N2/c1-14(15-9-3-2-4-10-15)8-7-13-18-19-16-11-5-6-12-17(16)20-18/h2-6,9-12,14H,7-8,13H2,1H3,(H,19,20). The molecule has 0 amide bonds. The first-order valence-corrected chi connectivity index (χ1v) is 7.31. The van der Waals surface area contributed by atoms with Crippen molar-refractivity contribution in [3.63, 3.8) is 0 Å². The topological polar surface area (TPSA) is 28.7 Å². The van der Waals surface area contributed by atoms with Crippen LogP contribution in [-0.4, -0.2) is 9.97 Å². The Morgan fingerprint density at radius 2 is 1.75 bits per heavy atom. The first kappa shape index (κ1) is 12.9. The molecule has 0 aliphatic carbocycles. The van der Waals surface area contributed by atoms with E-state index in [1.165, 1.54) is 12.0 Å². The largest absolute Gasteiger partial charge is 0.342 e. The molecule has 2 aromatic carbocycles. The van der Waals surface area contributed by atoms with Crippen molar-refractivity contribution in [1.82, 2.24) is 9.97 Å². The lowest BCUT2D eigenvalue weighted by Crippen LogP contribution is -1.96. The number of para-hydroxylation sites is 2. The summed E-state index contributed by atoms with van der Waals surface area (Å²) in [5.74, 6) is 1.71. The monoisotopic (exact) mass is 264 g/mol. The van der Waals surface area contributed by atoms with Crippen LogP contribution >= 0.6 is 0 Å². The summed E-state index contributed by atoms with van der Waals surface area (Å²) in [6.07, 6.45) is 3.38. The Morgan fingerprint density at radius 1 is 1.00 bits per heavy atom. The highest BCUT2D eigenvalue weighted by Crippen LogP contribution is 2.21. The van der Waals surface area contributed by atoms with Gasteiger partial charge in [-0.2, -0.15) is 0 Å². The molecular formula is C18H20N2. The van der Waals surface area contributed by atoms with Crippen LogP contribution in [0.3, 0.4) is 0 Å². The van der Waals surface area contributed by atoms with Crippen LogP contribution in [0.1, 0.15) is 37.1 Å². The predicted molar refractivity (Wildman–Crippen MR) is 83.9 cm³/mol. The summed E-state index contributed by atoms with van der Waals surface area (Å²) in [6.45, 7) is 2.30. The van der Waals surface area contributed by atoms with Crippen LogP contribution in [-0.2, 0) is 6.42 Å². The lowest BCUT2D eigenvalue weighted by Gasteiger charge is -2.10. The lowest BCUT2D eigenvalue weighted by molar-refractivity contribution is 0.625. The summed E-state index contributed by atoms with van der Waals surface area (Å²) in [5.41, 5.74) is 3.63. The molecule has 1 N–H and O–H groups in total. The van der Waals surface area contributed by atoms with E-state index < -0.39 is 0 Å². The minimum atomic E-state index is 0.612. The molecule has 1 aromatic heterocycles. The van der Waals surface area contributed by atoms with Gasteiger partial charge in [-0.15, -0.1) is 0 Å². The molecule has 0 aliphatic heterocycles. The van der Waals surface area contributed by atoms with Gasteiger partial charge in [-0.05, 0) is 36.5 Å². The normalized spacial score (nSPS) is 12.7. The van der Waals surface area contributed by atoms with Crippen molar-refractivity contribution >= 4 is 11.0 Å². The molecule has 3 rings (SSSR count). The second kappa shape index (κ2) is 5.91. The molecule has 2 nitrogen and oxygen atoms in total. The van der Waals surface area contributed by atoms with Gasteiger partial charge in [-0.1, -0.05) is 49.4 Å². The fourth-order valence-corrected chi connectivity index (χ4v) is 2.65. The highest BCUT2D eigenvalue weighted by molar-refractivity contribution is 5.74. The van der Waals surface area contributed by atoms with Crippen molar-refractivity contribution in [3.05, 3.63) is 66.0 Å². The highest BCUT2D eigenvalue weighted by atomic mass is 14.9. The number of hydrogen-bond donors (Lipinski definition) is 1. The van der Waals surface area contributed by atoms with E-state index >= 15 is 0 Å². The number of nitrogens with zero attached hydrogens (tertiary/aromatic N) is 1. The Hall–Kier alpha value is -2.09. The quantitative estimate of drug-likeness (QED) is 0.711. The van der Waals surface area contributed by atoms with Crippen molar-refractivity contribution in [3.8, 4) is 0 Å². The molecule has 1 atom stereocenters. The van der Waals surface area contributed by atoms with E-state index in [1.54, 1.807) is 0 Å². The number of aromatic amines is 1. The van der Waals surface area contributed by atoms with E-state index in [-0.39, 0.29) is 0 Å². The zero-order valence-electron chi connectivity index (χ0n) is 11.8. The summed E-state index contributed by atoms with van der Waals surface area (Å²) in [4.78, 5) is 8.02. The van der Waals surface area contributed by atoms with Crippen LogP contribution in [0.4, 0.5) is 0 Å². The first-order chi connectivity index (χ1) is 9.83. The van der Waals surface area contributed by atoms with Crippen molar-refractivity contribution in [2.75, 3.05) is 0 Å². The SMILES string of the molecule is CC(CCCc1nc2ccccc2[nH]1)c1ccccc1. The number of hydrogen-bond acceptors (Lipinski definition) is 1. The maximum Gasteiger partial charge on any atom is 0.107 e. The molecule has 0 aliphatic rings. The Bertz CT molecular complexity index is 637. The summed E-state index contributed by atoms with van der Waals surface area (Å²) in [6, 6.07) is 18.9. The van der Waals surface area contributed by atoms with Crippen molar-refractivity contribution in [2.24, 2.45) is 0 Å². The molecule has 0 saturated carbocycles. The third-order valence-electron chi connectivity index (χ3n) is 3.86. The highest BCUT2D eigenvalue weighted by Gasteiger charge is 2.06. The lowest BCUT2D eigenvalue weighted by atomic mass is 9.95. The van der Waals surface area contributed by atoms with E-state index in [2.05, 4.69) is 59.4 Å². The Kier molecular flexibility index (Phi) is 3.82. The van der Waals surface area contributed by atoms with E-state index in [9.17, 15) is 0 Å². The Labute approximate surface area is 119 Å². The van der Waals surface area contributed by atoms with E-state index in [4.69, 9.17) is 0 Å². The number of benzene rings is 2. The summed E-state index contributed by atoms with van der Waals surface area (Å²) < 4.78 is 0. The number of nitrogens with one attached hydrogen (secondary N) is 1. The predicted octanol–water partition coefficient (Wildman–Crippen LogP) is 4.69. The number of aryl methyl sites for hydroxylation is 1. The average molecular weight is 264 g/mol. The third kappa shape index (κ3) is 2.90. The van der Waals surface area contributed by atoms with Crippen molar-refractivity contribution < 1.29 is 0 Å².